The Bertz CT molecular complexity index is 381. The van der Waals surface area contributed by atoms with E-state index in [1.807, 2.05) is 6.08 Å². The molecule has 1 atom stereocenters. The summed E-state index contributed by atoms with van der Waals surface area (Å²) in [5, 5.41) is 3.64. The average Bonchev–Trinajstić information content (AvgIpc) is 2.40. The molecule has 1 aromatic carbocycles. The Balaban J connectivity index is 2.60. The van der Waals surface area contributed by atoms with Crippen molar-refractivity contribution in [1.29, 1.82) is 0 Å². The van der Waals surface area contributed by atoms with Crippen molar-refractivity contribution in [1.82, 2.24) is 5.32 Å². The Hall–Kier alpha value is -1.08. The molecule has 1 aromatic rings. The summed E-state index contributed by atoms with van der Waals surface area (Å²) in [4.78, 5) is 0. The fourth-order valence-corrected chi connectivity index (χ4v) is 2.56. The van der Waals surface area contributed by atoms with Gasteiger partial charge >= 0.3 is 0 Å². The molecule has 0 aromatic heterocycles. The van der Waals surface area contributed by atoms with Gasteiger partial charge in [0.15, 0.2) is 0 Å². The molecule has 1 heteroatoms. The molecule has 106 valence electrons. The maximum absolute atomic E-state index is 3.78. The minimum atomic E-state index is 0.508. The molecule has 0 aliphatic carbocycles. The molecule has 1 rings (SSSR count). The summed E-state index contributed by atoms with van der Waals surface area (Å²) < 4.78 is 0. The largest absolute Gasteiger partial charge is 0.310 e. The van der Waals surface area contributed by atoms with E-state index >= 15 is 0 Å². The molecule has 0 saturated carbocycles. The summed E-state index contributed by atoms with van der Waals surface area (Å²) in [7, 11) is 0. The highest BCUT2D eigenvalue weighted by Gasteiger charge is 2.12. The smallest absolute Gasteiger partial charge is 0.0322 e. The van der Waals surface area contributed by atoms with Gasteiger partial charge in [0.2, 0.25) is 0 Å². The van der Waals surface area contributed by atoms with Crippen LogP contribution in [0, 0.1) is 13.8 Å². The third-order valence-corrected chi connectivity index (χ3v) is 3.66. The van der Waals surface area contributed by atoms with E-state index in [4.69, 9.17) is 0 Å². The van der Waals surface area contributed by atoms with Crippen LogP contribution in [0.15, 0.2) is 30.9 Å². The van der Waals surface area contributed by atoms with Gasteiger partial charge in [0, 0.05) is 6.04 Å². The van der Waals surface area contributed by atoms with Crippen molar-refractivity contribution in [3.05, 3.63) is 47.5 Å². The molecule has 1 N–H and O–H groups in total. The fourth-order valence-electron chi connectivity index (χ4n) is 2.56. The molecule has 0 amide bonds. The van der Waals surface area contributed by atoms with Gasteiger partial charge in [-0.3, -0.25) is 0 Å². The van der Waals surface area contributed by atoms with Crippen molar-refractivity contribution < 1.29 is 0 Å². The van der Waals surface area contributed by atoms with Crippen LogP contribution in [0.5, 0.6) is 0 Å². The molecule has 0 spiro atoms. The van der Waals surface area contributed by atoms with Gasteiger partial charge in [-0.2, -0.15) is 0 Å². The third kappa shape index (κ3) is 5.61. The van der Waals surface area contributed by atoms with Crippen molar-refractivity contribution in [3.8, 4) is 0 Å². The lowest BCUT2D eigenvalue weighted by Gasteiger charge is -2.21. The summed E-state index contributed by atoms with van der Waals surface area (Å²) in [6.07, 6.45) is 8.27. The first-order chi connectivity index (χ1) is 9.19. The quantitative estimate of drug-likeness (QED) is 0.481. The van der Waals surface area contributed by atoms with Crippen LogP contribution >= 0.6 is 0 Å². The van der Waals surface area contributed by atoms with Crippen LogP contribution in [0.4, 0.5) is 0 Å². The van der Waals surface area contributed by atoms with Gasteiger partial charge < -0.3 is 5.32 Å². The van der Waals surface area contributed by atoms with Crippen molar-refractivity contribution in [2.45, 2.75) is 58.9 Å². The maximum Gasteiger partial charge on any atom is 0.0322 e. The second-order valence-electron chi connectivity index (χ2n) is 5.40. The lowest BCUT2D eigenvalue weighted by molar-refractivity contribution is 0.482. The molecule has 0 heterocycles. The molecule has 0 fully saturated rings. The van der Waals surface area contributed by atoms with Crippen LogP contribution in [0.1, 0.15) is 61.8 Å². The molecule has 19 heavy (non-hydrogen) atoms. The SMILES string of the molecule is C=CCCCCCC(NCC)c1cc(C)ccc1C. The molecule has 0 aliphatic heterocycles. The van der Waals surface area contributed by atoms with E-state index in [-0.39, 0.29) is 0 Å². The van der Waals surface area contributed by atoms with E-state index in [1.165, 1.54) is 42.4 Å². The number of allylic oxidation sites excluding steroid dienone is 1. The van der Waals surface area contributed by atoms with Gasteiger partial charge in [-0.1, -0.05) is 49.6 Å². The number of nitrogens with one attached hydrogen (secondary N) is 1. The van der Waals surface area contributed by atoms with Crippen molar-refractivity contribution >= 4 is 0 Å². The van der Waals surface area contributed by atoms with E-state index in [0.717, 1.165) is 13.0 Å². The monoisotopic (exact) mass is 259 g/mol. The molecule has 0 aliphatic rings. The highest BCUT2D eigenvalue weighted by Crippen LogP contribution is 2.24. The fraction of sp³-hybridized carbons (Fsp3) is 0.556. The van der Waals surface area contributed by atoms with E-state index in [0.29, 0.717) is 6.04 Å². The Kier molecular flexibility index (Phi) is 7.50. The van der Waals surface area contributed by atoms with Gasteiger partial charge in [0.05, 0.1) is 0 Å². The first-order valence-corrected chi connectivity index (χ1v) is 7.60. The van der Waals surface area contributed by atoms with E-state index in [2.05, 4.69) is 50.9 Å². The van der Waals surface area contributed by atoms with Crippen molar-refractivity contribution in [2.24, 2.45) is 0 Å². The lowest BCUT2D eigenvalue weighted by Crippen LogP contribution is -2.21. The van der Waals surface area contributed by atoms with Crippen LogP contribution in [0.2, 0.25) is 0 Å². The normalized spacial score (nSPS) is 12.4. The molecular weight excluding hydrogens is 230 g/mol. The maximum atomic E-state index is 3.78. The molecule has 1 nitrogen and oxygen atoms in total. The van der Waals surface area contributed by atoms with Gasteiger partial charge in [0.25, 0.3) is 0 Å². The Morgan fingerprint density at radius 1 is 1.21 bits per heavy atom. The highest BCUT2D eigenvalue weighted by molar-refractivity contribution is 5.33. The number of benzene rings is 1. The summed E-state index contributed by atoms with van der Waals surface area (Å²) in [6, 6.07) is 7.29. The molecular formula is C18H29N. The van der Waals surface area contributed by atoms with Crippen LogP contribution in [0.3, 0.4) is 0 Å². The molecule has 0 bridgehead atoms. The predicted octanol–water partition coefficient (Wildman–Crippen LogP) is 5.09. The van der Waals surface area contributed by atoms with Gasteiger partial charge in [-0.25, -0.2) is 0 Å². The summed E-state index contributed by atoms with van der Waals surface area (Å²) in [6.45, 7) is 11.4. The zero-order valence-corrected chi connectivity index (χ0v) is 12.8. The standard InChI is InChI=1S/C18H29N/c1-5-7-8-9-10-11-18(19-6-2)17-14-15(3)12-13-16(17)4/h5,12-14,18-19H,1,6-11H2,2-4H3. The number of hydrogen-bond donors (Lipinski definition) is 1. The Morgan fingerprint density at radius 2 is 2.00 bits per heavy atom. The van der Waals surface area contributed by atoms with Crippen LogP contribution in [-0.2, 0) is 0 Å². The van der Waals surface area contributed by atoms with Crippen molar-refractivity contribution in [3.63, 3.8) is 0 Å². The Labute approximate surface area is 119 Å². The third-order valence-electron chi connectivity index (χ3n) is 3.66. The minimum Gasteiger partial charge on any atom is -0.310 e. The van der Waals surface area contributed by atoms with Crippen LogP contribution in [-0.4, -0.2) is 6.54 Å². The first kappa shape index (κ1) is 16.0. The lowest BCUT2D eigenvalue weighted by atomic mass is 9.94. The summed E-state index contributed by atoms with van der Waals surface area (Å²) >= 11 is 0. The molecule has 0 radical (unpaired) electrons. The van der Waals surface area contributed by atoms with Crippen LogP contribution < -0.4 is 5.32 Å². The summed E-state index contributed by atoms with van der Waals surface area (Å²) in [5.74, 6) is 0. The van der Waals surface area contributed by atoms with Gasteiger partial charge in [-0.15, -0.1) is 6.58 Å². The minimum absolute atomic E-state index is 0.508. The predicted molar refractivity (Wildman–Crippen MR) is 85.6 cm³/mol. The van der Waals surface area contributed by atoms with Crippen molar-refractivity contribution in [2.75, 3.05) is 6.54 Å². The van der Waals surface area contributed by atoms with E-state index in [9.17, 15) is 0 Å². The van der Waals surface area contributed by atoms with Crippen LogP contribution in [0.25, 0.3) is 0 Å². The average molecular weight is 259 g/mol. The van der Waals surface area contributed by atoms with Gasteiger partial charge in [0.1, 0.15) is 0 Å². The first-order valence-electron chi connectivity index (χ1n) is 7.60. The van der Waals surface area contributed by atoms with E-state index in [1.54, 1.807) is 0 Å². The summed E-state index contributed by atoms with van der Waals surface area (Å²) in [5.41, 5.74) is 4.24. The number of unbranched alkanes of at least 4 members (excludes halogenated alkanes) is 3. The second kappa shape index (κ2) is 8.92. The topological polar surface area (TPSA) is 12.0 Å². The number of aryl methyl sites for hydroxylation is 2. The number of rotatable bonds is 9. The highest BCUT2D eigenvalue weighted by atomic mass is 14.9. The zero-order valence-electron chi connectivity index (χ0n) is 12.8. The zero-order chi connectivity index (χ0) is 14.1. The second-order valence-corrected chi connectivity index (χ2v) is 5.40. The number of hydrogen-bond acceptors (Lipinski definition) is 1. The van der Waals surface area contributed by atoms with Gasteiger partial charge in [-0.05, 0) is 50.8 Å². The Morgan fingerprint density at radius 3 is 2.68 bits per heavy atom. The molecule has 1 unspecified atom stereocenters. The molecule has 0 saturated heterocycles. The van der Waals surface area contributed by atoms with E-state index < -0.39 is 0 Å².